The van der Waals surface area contributed by atoms with Crippen LogP contribution in [0.2, 0.25) is 0 Å². The van der Waals surface area contributed by atoms with Crippen LogP contribution < -0.4 is 0 Å². The van der Waals surface area contributed by atoms with Crippen molar-refractivity contribution < 1.29 is 14.3 Å². The smallest absolute Gasteiger partial charge is 0.256 e. The molecule has 1 amide bonds. The van der Waals surface area contributed by atoms with Gasteiger partial charge in [-0.2, -0.15) is 0 Å². The number of hydrogen-bond donors (Lipinski definition) is 0. The van der Waals surface area contributed by atoms with Crippen LogP contribution in [0.4, 0.5) is 0 Å². The highest BCUT2D eigenvalue weighted by atomic mass is 16.5. The zero-order valence-corrected chi connectivity index (χ0v) is 13.9. The van der Waals surface area contributed by atoms with Crippen molar-refractivity contribution in [2.75, 3.05) is 26.8 Å². The van der Waals surface area contributed by atoms with E-state index in [-0.39, 0.29) is 17.6 Å². The second-order valence-corrected chi connectivity index (χ2v) is 6.62. The second-order valence-electron chi connectivity index (χ2n) is 6.62. The topological polar surface area (TPSA) is 51.7 Å². The first-order valence-corrected chi connectivity index (χ1v) is 8.53. The van der Waals surface area contributed by atoms with Gasteiger partial charge in [0, 0.05) is 38.4 Å². The molecular formula is C19H22N2O3. The van der Waals surface area contributed by atoms with E-state index in [1.54, 1.807) is 13.3 Å². The van der Waals surface area contributed by atoms with Gasteiger partial charge in [-0.3, -0.25) is 9.78 Å². The van der Waals surface area contributed by atoms with Crippen LogP contribution in [0.25, 0.3) is 10.9 Å². The van der Waals surface area contributed by atoms with Crippen molar-refractivity contribution in [3.63, 3.8) is 0 Å². The van der Waals surface area contributed by atoms with Gasteiger partial charge in [0.25, 0.3) is 5.91 Å². The minimum absolute atomic E-state index is 0.0224. The lowest BCUT2D eigenvalue weighted by molar-refractivity contribution is -0.136. The fourth-order valence-electron chi connectivity index (χ4n) is 4.03. The molecule has 0 N–H and O–H groups in total. The van der Waals surface area contributed by atoms with Crippen LogP contribution in [-0.4, -0.2) is 54.3 Å². The van der Waals surface area contributed by atoms with Crippen LogP contribution in [0.5, 0.6) is 0 Å². The first-order chi connectivity index (χ1) is 11.7. The Morgan fingerprint density at radius 2 is 2.21 bits per heavy atom. The highest BCUT2D eigenvalue weighted by molar-refractivity contribution is 6.05. The third kappa shape index (κ3) is 2.48. The van der Waals surface area contributed by atoms with Gasteiger partial charge < -0.3 is 14.4 Å². The Hall–Kier alpha value is -1.98. The second kappa shape index (κ2) is 6.15. The summed E-state index contributed by atoms with van der Waals surface area (Å²) in [6.07, 6.45) is 4.58. The van der Waals surface area contributed by atoms with Crippen LogP contribution in [0.3, 0.4) is 0 Å². The largest absolute Gasteiger partial charge is 0.377 e. The number of rotatable bonds is 2. The van der Waals surface area contributed by atoms with Crippen molar-refractivity contribution in [3.05, 3.63) is 42.1 Å². The van der Waals surface area contributed by atoms with Gasteiger partial charge in [-0.05, 0) is 31.4 Å². The summed E-state index contributed by atoms with van der Waals surface area (Å²) >= 11 is 0. The van der Waals surface area contributed by atoms with Gasteiger partial charge in [0.1, 0.15) is 6.10 Å². The Balaban J connectivity index is 1.61. The lowest BCUT2D eigenvalue weighted by Gasteiger charge is -2.44. The summed E-state index contributed by atoms with van der Waals surface area (Å²) in [5.74, 6) is 0.0224. The Morgan fingerprint density at radius 3 is 3.00 bits per heavy atom. The van der Waals surface area contributed by atoms with E-state index in [2.05, 4.69) is 4.98 Å². The normalized spacial score (nSPS) is 27.0. The average Bonchev–Trinajstić information content (AvgIpc) is 3.10. The molecule has 0 unspecified atom stereocenters. The summed E-state index contributed by atoms with van der Waals surface area (Å²) in [6.45, 7) is 2.06. The van der Waals surface area contributed by atoms with E-state index in [1.165, 1.54) is 0 Å². The molecule has 2 aromatic rings. The molecule has 2 fully saturated rings. The van der Waals surface area contributed by atoms with Gasteiger partial charge in [-0.1, -0.05) is 18.2 Å². The summed E-state index contributed by atoms with van der Waals surface area (Å²) in [5, 5.41) is 0.985. The minimum atomic E-state index is -0.206. The third-order valence-corrected chi connectivity index (χ3v) is 5.35. The van der Waals surface area contributed by atoms with E-state index in [1.807, 2.05) is 35.2 Å². The molecule has 5 heteroatoms. The third-order valence-electron chi connectivity index (χ3n) is 5.35. The summed E-state index contributed by atoms with van der Waals surface area (Å²) in [7, 11) is 1.71. The summed E-state index contributed by atoms with van der Waals surface area (Å²) < 4.78 is 11.7. The molecule has 2 atom stereocenters. The number of carbonyl (C=O) groups excluding carboxylic acids is 1. The quantitative estimate of drug-likeness (QED) is 0.851. The molecule has 1 aromatic heterocycles. The Morgan fingerprint density at radius 1 is 1.33 bits per heavy atom. The predicted molar refractivity (Wildman–Crippen MR) is 91.0 cm³/mol. The fourth-order valence-corrected chi connectivity index (χ4v) is 4.03. The summed E-state index contributed by atoms with van der Waals surface area (Å²) in [4.78, 5) is 19.4. The van der Waals surface area contributed by atoms with Crippen molar-refractivity contribution in [1.29, 1.82) is 0 Å². The molecule has 1 aromatic carbocycles. The number of benzene rings is 1. The number of fused-ring (bicyclic) bond motifs is 1. The van der Waals surface area contributed by atoms with Crippen LogP contribution in [0.1, 0.15) is 29.6 Å². The number of carbonyl (C=O) groups is 1. The Labute approximate surface area is 141 Å². The van der Waals surface area contributed by atoms with Crippen LogP contribution >= 0.6 is 0 Å². The molecule has 5 nitrogen and oxygen atoms in total. The van der Waals surface area contributed by atoms with Crippen molar-refractivity contribution in [2.45, 2.75) is 31.0 Å². The summed E-state index contributed by atoms with van der Waals surface area (Å²) in [5.41, 5.74) is 1.21. The predicted octanol–water partition coefficient (Wildman–Crippen LogP) is 2.64. The number of methoxy groups -OCH3 is 1. The molecule has 0 bridgehead atoms. The fraction of sp³-hybridized carbons (Fsp3) is 0.474. The molecule has 2 aliphatic rings. The molecule has 126 valence electrons. The number of ether oxygens (including phenoxy) is 2. The lowest BCUT2D eigenvalue weighted by Crippen LogP contribution is -2.57. The molecule has 2 saturated heterocycles. The van der Waals surface area contributed by atoms with Crippen LogP contribution in [0, 0.1) is 0 Å². The first-order valence-electron chi connectivity index (χ1n) is 8.53. The van der Waals surface area contributed by atoms with Crippen LogP contribution in [-0.2, 0) is 9.47 Å². The Bertz CT molecular complexity index is 750. The molecule has 3 heterocycles. The van der Waals surface area contributed by atoms with Crippen molar-refractivity contribution in [3.8, 4) is 0 Å². The molecule has 0 saturated carbocycles. The zero-order valence-electron chi connectivity index (χ0n) is 13.9. The van der Waals surface area contributed by atoms with Gasteiger partial charge in [0.05, 0.1) is 16.7 Å². The van der Waals surface area contributed by atoms with Gasteiger partial charge in [-0.15, -0.1) is 0 Å². The summed E-state index contributed by atoms with van der Waals surface area (Å²) in [6, 6.07) is 9.62. The number of likely N-dealkylation sites (tertiary alicyclic amines) is 1. The van der Waals surface area contributed by atoms with E-state index in [9.17, 15) is 4.79 Å². The van der Waals surface area contributed by atoms with Gasteiger partial charge in [0.15, 0.2) is 0 Å². The Kier molecular flexibility index (Phi) is 3.98. The molecule has 4 rings (SSSR count). The highest BCUT2D eigenvalue weighted by Gasteiger charge is 2.47. The number of para-hydroxylation sites is 1. The highest BCUT2D eigenvalue weighted by Crippen LogP contribution is 2.37. The number of amides is 1. The molecule has 0 aliphatic carbocycles. The van der Waals surface area contributed by atoms with Crippen molar-refractivity contribution in [1.82, 2.24) is 9.88 Å². The number of pyridine rings is 1. The minimum Gasteiger partial charge on any atom is -0.377 e. The number of nitrogens with zero attached hydrogens (tertiary/aromatic N) is 2. The number of piperidine rings is 1. The lowest BCUT2D eigenvalue weighted by atomic mass is 9.85. The van der Waals surface area contributed by atoms with E-state index < -0.39 is 0 Å². The van der Waals surface area contributed by atoms with Crippen LogP contribution in [0.15, 0.2) is 36.5 Å². The first kappa shape index (κ1) is 15.5. The van der Waals surface area contributed by atoms with E-state index in [0.29, 0.717) is 18.7 Å². The molecule has 24 heavy (non-hydrogen) atoms. The monoisotopic (exact) mass is 326 g/mol. The van der Waals surface area contributed by atoms with E-state index >= 15 is 0 Å². The van der Waals surface area contributed by atoms with Crippen molar-refractivity contribution >= 4 is 16.8 Å². The standard InChI is InChI=1S/C19H22N2O3/c1-23-16-13-21(11-9-19(16)8-4-12-24-19)18(22)15-7-2-5-14-6-3-10-20-17(14)15/h2-3,5-7,10,16H,4,8-9,11-13H2,1H3/t16-,19-/m0/s1. The maximum absolute atomic E-state index is 13.1. The van der Waals surface area contributed by atoms with Crippen molar-refractivity contribution in [2.24, 2.45) is 0 Å². The van der Waals surface area contributed by atoms with Gasteiger partial charge in [0.2, 0.25) is 0 Å². The maximum Gasteiger partial charge on any atom is 0.256 e. The number of aromatic nitrogens is 1. The SMILES string of the molecule is CO[C@H]1CN(C(=O)c2cccc3cccnc23)CC[C@@]12CCCO2. The molecule has 1 spiro atoms. The molecule has 0 radical (unpaired) electrons. The van der Waals surface area contributed by atoms with E-state index in [4.69, 9.17) is 9.47 Å². The number of hydrogen-bond acceptors (Lipinski definition) is 4. The maximum atomic E-state index is 13.1. The van der Waals surface area contributed by atoms with Gasteiger partial charge in [-0.25, -0.2) is 0 Å². The zero-order chi connectivity index (χ0) is 16.6. The average molecular weight is 326 g/mol. The molecular weight excluding hydrogens is 304 g/mol. The molecule has 2 aliphatic heterocycles. The van der Waals surface area contributed by atoms with E-state index in [0.717, 1.165) is 36.8 Å². The van der Waals surface area contributed by atoms with Gasteiger partial charge >= 0.3 is 0 Å².